The van der Waals surface area contributed by atoms with Crippen molar-refractivity contribution in [3.63, 3.8) is 0 Å². The highest BCUT2D eigenvalue weighted by atomic mass is 16.7. The minimum absolute atomic E-state index is 0.130. The Hall–Kier alpha value is -2.12. The molecule has 0 radical (unpaired) electrons. The SMILES string of the molecule is CCCCC/C=C\C/C=C\CCCCCCCCCCCCCCCCCCC(O)C(=O)NC(COC1OC(CO)C(O)C(O)C1OC(=O)CCCCCCCCCCCCCCCCCCCCCCC)C(O)/C=C/CCCCCCCCCCCC. The molecule has 0 aromatic carbocycles. The maximum atomic E-state index is 13.5. The third kappa shape index (κ3) is 51.4. The van der Waals surface area contributed by atoms with E-state index in [4.69, 9.17) is 14.2 Å². The van der Waals surface area contributed by atoms with Gasteiger partial charge in [-0.25, -0.2) is 0 Å². The van der Waals surface area contributed by atoms with Crippen LogP contribution in [0, 0.1) is 0 Å². The average molecular weight is 1250 g/mol. The average Bonchev–Trinajstić information content (AvgIpc) is 1.25. The van der Waals surface area contributed by atoms with E-state index in [1.165, 1.54) is 270 Å². The van der Waals surface area contributed by atoms with Gasteiger partial charge in [0.1, 0.15) is 24.4 Å². The van der Waals surface area contributed by atoms with E-state index in [-0.39, 0.29) is 13.0 Å². The van der Waals surface area contributed by atoms with E-state index >= 15 is 0 Å². The molecule has 0 aromatic rings. The molecule has 1 fully saturated rings. The van der Waals surface area contributed by atoms with Crippen molar-refractivity contribution in [1.82, 2.24) is 5.32 Å². The van der Waals surface area contributed by atoms with Crippen molar-refractivity contribution in [3.05, 3.63) is 36.5 Å². The number of rotatable bonds is 67. The summed E-state index contributed by atoms with van der Waals surface area (Å²) in [5.41, 5.74) is 0. The number of ether oxygens (including phenoxy) is 3. The molecule has 1 heterocycles. The van der Waals surface area contributed by atoms with Crippen molar-refractivity contribution in [1.29, 1.82) is 0 Å². The lowest BCUT2D eigenvalue weighted by molar-refractivity contribution is -0.305. The van der Waals surface area contributed by atoms with Gasteiger partial charge in [0.25, 0.3) is 0 Å². The second-order valence-electron chi connectivity index (χ2n) is 26.7. The van der Waals surface area contributed by atoms with Crippen LogP contribution in [0.4, 0.5) is 0 Å². The van der Waals surface area contributed by atoms with E-state index in [0.717, 1.165) is 64.2 Å². The van der Waals surface area contributed by atoms with Crippen molar-refractivity contribution in [3.8, 4) is 0 Å². The summed E-state index contributed by atoms with van der Waals surface area (Å²) in [7, 11) is 0. The van der Waals surface area contributed by atoms with Gasteiger partial charge in [-0.3, -0.25) is 9.59 Å². The zero-order chi connectivity index (χ0) is 63.9. The molecule has 0 aromatic heterocycles. The second kappa shape index (κ2) is 65.0. The molecule has 1 aliphatic rings. The van der Waals surface area contributed by atoms with Crippen LogP contribution >= 0.6 is 0 Å². The minimum atomic E-state index is -1.61. The number of hydrogen-bond donors (Lipinski definition) is 6. The summed E-state index contributed by atoms with van der Waals surface area (Å²) in [6.45, 7) is 5.83. The molecule has 0 aliphatic carbocycles. The van der Waals surface area contributed by atoms with Crippen molar-refractivity contribution in [2.45, 2.75) is 429 Å². The summed E-state index contributed by atoms with van der Waals surface area (Å²) in [6.07, 6.45) is 70.5. The van der Waals surface area contributed by atoms with Gasteiger partial charge in [-0.05, 0) is 57.8 Å². The summed E-state index contributed by atoms with van der Waals surface area (Å²) >= 11 is 0. The van der Waals surface area contributed by atoms with Crippen LogP contribution in [0.5, 0.6) is 0 Å². The van der Waals surface area contributed by atoms with Gasteiger partial charge in [0.05, 0.1) is 25.4 Å². The monoisotopic (exact) mass is 1240 g/mol. The van der Waals surface area contributed by atoms with E-state index < -0.39 is 67.4 Å². The Kier molecular flexibility index (Phi) is 61.9. The molecule has 0 spiro atoms. The summed E-state index contributed by atoms with van der Waals surface area (Å²) in [5, 5.41) is 57.4. The molecule has 11 heteroatoms. The van der Waals surface area contributed by atoms with Gasteiger partial charge in [0.15, 0.2) is 12.4 Å². The van der Waals surface area contributed by atoms with Gasteiger partial charge < -0.3 is 45.1 Å². The molecule has 1 amide bonds. The number of aliphatic hydroxyl groups excluding tert-OH is 5. The first-order valence-electron chi connectivity index (χ1n) is 38.3. The zero-order valence-corrected chi connectivity index (χ0v) is 57.9. The topological polar surface area (TPSA) is 175 Å². The zero-order valence-electron chi connectivity index (χ0n) is 57.9. The van der Waals surface area contributed by atoms with Crippen LogP contribution < -0.4 is 5.32 Å². The van der Waals surface area contributed by atoms with Crippen molar-refractivity contribution >= 4 is 11.9 Å². The quantitative estimate of drug-likeness (QED) is 0.0195. The fraction of sp³-hybridized carbons (Fsp3) is 0.896. The third-order valence-corrected chi connectivity index (χ3v) is 18.3. The molecule has 8 unspecified atom stereocenters. The van der Waals surface area contributed by atoms with Gasteiger partial charge in [-0.15, -0.1) is 0 Å². The van der Waals surface area contributed by atoms with Gasteiger partial charge in [-0.2, -0.15) is 0 Å². The second-order valence-corrected chi connectivity index (χ2v) is 26.7. The third-order valence-electron chi connectivity index (χ3n) is 18.3. The maximum Gasteiger partial charge on any atom is 0.306 e. The first-order valence-corrected chi connectivity index (χ1v) is 38.3. The van der Waals surface area contributed by atoms with E-state index in [1.807, 2.05) is 6.08 Å². The molecule has 0 bridgehead atoms. The van der Waals surface area contributed by atoms with Crippen LogP contribution in [0.25, 0.3) is 0 Å². The Balaban J connectivity index is 2.51. The predicted octanol–water partition coefficient (Wildman–Crippen LogP) is 20.1. The Morgan fingerprint density at radius 3 is 1.18 bits per heavy atom. The molecular weight excluding hydrogens is 1100 g/mol. The number of allylic oxidation sites excluding steroid dienone is 5. The standard InChI is InChI=1S/C77H145NO10/c1-4-7-10-13-16-19-22-25-27-29-31-33-34-35-36-37-39-40-42-44-46-49-52-55-58-61-64-70(81)76(85)78-68(69(80)63-60-57-54-51-48-24-21-18-15-12-9-6-3)67-86-77-75(74(84)73(83)71(66-79)87-77)88-72(82)65-62-59-56-53-50-47-45-43-41-38-32-30-28-26-23-20-17-14-11-8-5-2/h16,19,25,27,60,63,68-71,73-75,77,79-81,83-84H,4-15,17-18,20-24,26,28-59,61-62,64-67H2,1-3H3,(H,78,85)/b19-16-,27-25-,63-60+. The largest absolute Gasteiger partial charge is 0.454 e. The molecule has 88 heavy (non-hydrogen) atoms. The predicted molar refractivity (Wildman–Crippen MR) is 371 cm³/mol. The van der Waals surface area contributed by atoms with E-state index in [9.17, 15) is 35.1 Å². The molecule has 11 nitrogen and oxygen atoms in total. The van der Waals surface area contributed by atoms with Gasteiger partial charge >= 0.3 is 5.97 Å². The van der Waals surface area contributed by atoms with Crippen molar-refractivity contribution in [2.24, 2.45) is 0 Å². The Morgan fingerprint density at radius 2 is 0.784 bits per heavy atom. The van der Waals surface area contributed by atoms with Gasteiger partial charge in [-0.1, -0.05) is 353 Å². The lowest BCUT2D eigenvalue weighted by Crippen LogP contribution is -2.61. The fourth-order valence-corrected chi connectivity index (χ4v) is 12.3. The first kappa shape index (κ1) is 83.9. The number of esters is 1. The van der Waals surface area contributed by atoms with Crippen LogP contribution in [-0.4, -0.2) is 99.6 Å². The summed E-state index contributed by atoms with van der Waals surface area (Å²) in [5.74, 6) is -1.17. The molecule has 8 atom stereocenters. The molecule has 1 aliphatic heterocycles. The van der Waals surface area contributed by atoms with Gasteiger partial charge in [0.2, 0.25) is 5.91 Å². The smallest absolute Gasteiger partial charge is 0.306 e. The molecule has 1 saturated heterocycles. The first-order chi connectivity index (χ1) is 43.2. The Labute approximate surface area is 543 Å². The Morgan fingerprint density at radius 1 is 0.443 bits per heavy atom. The summed E-state index contributed by atoms with van der Waals surface area (Å²) in [6, 6.07) is -1.02. The molecule has 1 rings (SSSR count). The van der Waals surface area contributed by atoms with Crippen molar-refractivity contribution in [2.75, 3.05) is 13.2 Å². The molecule has 6 N–H and O–H groups in total. The van der Waals surface area contributed by atoms with Crippen molar-refractivity contribution < 1.29 is 49.3 Å². The maximum absolute atomic E-state index is 13.5. The van der Waals surface area contributed by atoms with Crippen LogP contribution in [-0.2, 0) is 23.8 Å². The van der Waals surface area contributed by atoms with E-state index in [1.54, 1.807) is 6.08 Å². The highest BCUT2D eigenvalue weighted by Crippen LogP contribution is 2.27. The number of carbonyl (C=O) groups is 2. The lowest BCUT2D eigenvalue weighted by Gasteiger charge is -2.41. The number of amides is 1. The number of carbonyl (C=O) groups excluding carboxylic acids is 2. The number of aliphatic hydroxyl groups is 5. The van der Waals surface area contributed by atoms with Crippen LogP contribution in [0.3, 0.4) is 0 Å². The highest BCUT2D eigenvalue weighted by Gasteiger charge is 2.47. The van der Waals surface area contributed by atoms with Crippen LogP contribution in [0.1, 0.15) is 380 Å². The lowest BCUT2D eigenvalue weighted by atomic mass is 9.99. The van der Waals surface area contributed by atoms with Crippen LogP contribution in [0.2, 0.25) is 0 Å². The summed E-state index contributed by atoms with van der Waals surface area (Å²) in [4.78, 5) is 26.7. The van der Waals surface area contributed by atoms with Gasteiger partial charge in [0, 0.05) is 6.42 Å². The number of hydrogen-bond acceptors (Lipinski definition) is 10. The minimum Gasteiger partial charge on any atom is -0.454 e. The number of unbranched alkanes of at least 4 members (excludes halogenated alkanes) is 49. The van der Waals surface area contributed by atoms with Crippen LogP contribution in [0.15, 0.2) is 36.5 Å². The fourth-order valence-electron chi connectivity index (χ4n) is 12.3. The van der Waals surface area contributed by atoms with E-state index in [2.05, 4.69) is 50.4 Å². The normalized spacial score (nSPS) is 18.3. The van der Waals surface area contributed by atoms with E-state index in [0.29, 0.717) is 19.3 Å². The Bertz CT molecular complexity index is 1570. The summed E-state index contributed by atoms with van der Waals surface area (Å²) < 4.78 is 17.7. The molecule has 518 valence electrons. The molecular formula is C77H145NO10. The highest BCUT2D eigenvalue weighted by molar-refractivity contribution is 5.80. The molecule has 0 saturated carbocycles. The number of nitrogens with one attached hydrogen (secondary N) is 1.